The summed E-state index contributed by atoms with van der Waals surface area (Å²) < 4.78 is 14.2. The Morgan fingerprint density at radius 1 is 1.00 bits per heavy atom. The fraction of sp³-hybridized carbons (Fsp3) is 0.227. The van der Waals surface area contributed by atoms with Gasteiger partial charge in [-0.2, -0.15) is 0 Å². The van der Waals surface area contributed by atoms with Crippen LogP contribution in [0.25, 0.3) is 5.57 Å². The molecule has 1 aliphatic heterocycles. The molecule has 0 spiro atoms. The Hall–Kier alpha value is -3.48. The summed E-state index contributed by atoms with van der Waals surface area (Å²) >= 11 is 0. The molecule has 0 unspecified atom stereocenters. The van der Waals surface area contributed by atoms with E-state index in [4.69, 9.17) is 5.41 Å². The van der Waals surface area contributed by atoms with E-state index in [1.54, 1.807) is 13.1 Å². The predicted octanol–water partition coefficient (Wildman–Crippen LogP) is 2.62. The highest BCUT2D eigenvalue weighted by Gasteiger charge is 2.30. The fourth-order valence-electron chi connectivity index (χ4n) is 3.34. The Labute approximate surface area is 169 Å². The maximum absolute atomic E-state index is 14.2. The molecule has 1 fully saturated rings. The largest absolute Gasteiger partial charge is 0.388 e. The summed E-state index contributed by atoms with van der Waals surface area (Å²) in [5.74, 6) is -1.74. The predicted molar refractivity (Wildman–Crippen MR) is 111 cm³/mol. The average molecular weight is 394 g/mol. The second-order valence-corrected chi connectivity index (χ2v) is 6.71. The number of amides is 1. The number of hydrogen-bond donors (Lipinski definition) is 2. The van der Waals surface area contributed by atoms with E-state index in [-0.39, 0.29) is 11.1 Å². The number of nitrogens with one attached hydrogen (secondary N) is 2. The van der Waals surface area contributed by atoms with E-state index in [2.05, 4.69) is 11.9 Å². The maximum atomic E-state index is 14.2. The molecule has 1 amide bonds. The highest BCUT2D eigenvalue weighted by Crippen LogP contribution is 2.27. The monoisotopic (exact) mass is 394 g/mol. The number of halogens is 1. The first-order valence-electron chi connectivity index (χ1n) is 9.32. The lowest BCUT2D eigenvalue weighted by Gasteiger charge is -2.36. The molecule has 1 aliphatic rings. The van der Waals surface area contributed by atoms with E-state index < -0.39 is 17.5 Å². The van der Waals surface area contributed by atoms with Crippen LogP contribution in [-0.4, -0.2) is 60.6 Å². The van der Waals surface area contributed by atoms with E-state index >= 15 is 0 Å². The quantitative estimate of drug-likeness (QED) is 0.354. The fourth-order valence-corrected chi connectivity index (χ4v) is 3.34. The second kappa shape index (κ2) is 8.68. The summed E-state index contributed by atoms with van der Waals surface area (Å²) in [6.07, 6.45) is 0. The molecule has 150 valence electrons. The lowest BCUT2D eigenvalue weighted by atomic mass is 9.99. The van der Waals surface area contributed by atoms with Gasteiger partial charge in [0, 0.05) is 55.6 Å². The first-order chi connectivity index (χ1) is 13.9. The zero-order chi connectivity index (χ0) is 21.0. The third-order valence-corrected chi connectivity index (χ3v) is 4.98. The number of nitrogens with zero attached hydrogens (tertiary/aromatic N) is 2. The Morgan fingerprint density at radius 3 is 2.24 bits per heavy atom. The van der Waals surface area contributed by atoms with E-state index in [9.17, 15) is 14.0 Å². The number of benzene rings is 2. The molecule has 0 saturated carbocycles. The van der Waals surface area contributed by atoms with Crippen molar-refractivity contribution in [3.8, 4) is 0 Å². The van der Waals surface area contributed by atoms with Gasteiger partial charge in [0.05, 0.1) is 0 Å². The highest BCUT2D eigenvalue weighted by molar-refractivity contribution is 6.53. The molecular formula is C22H23FN4O2. The number of carbonyl (C=O) groups excluding carboxylic acids is 2. The van der Waals surface area contributed by atoms with Crippen molar-refractivity contribution in [1.29, 1.82) is 5.41 Å². The van der Waals surface area contributed by atoms with Crippen LogP contribution in [0.2, 0.25) is 0 Å². The van der Waals surface area contributed by atoms with Gasteiger partial charge in [-0.3, -0.25) is 15.0 Å². The van der Waals surface area contributed by atoms with Crippen molar-refractivity contribution in [2.24, 2.45) is 0 Å². The zero-order valence-corrected chi connectivity index (χ0v) is 16.2. The summed E-state index contributed by atoms with van der Waals surface area (Å²) in [6, 6.07) is 13.7. The Balaban J connectivity index is 1.66. The van der Waals surface area contributed by atoms with Gasteiger partial charge in [-0.25, -0.2) is 4.39 Å². The molecule has 29 heavy (non-hydrogen) atoms. The Morgan fingerprint density at radius 2 is 1.62 bits per heavy atom. The van der Waals surface area contributed by atoms with Crippen molar-refractivity contribution >= 4 is 28.8 Å². The van der Waals surface area contributed by atoms with E-state index in [0.717, 1.165) is 5.56 Å². The van der Waals surface area contributed by atoms with Crippen LogP contribution in [-0.2, 0) is 9.59 Å². The van der Waals surface area contributed by atoms with Gasteiger partial charge in [0.1, 0.15) is 11.7 Å². The molecule has 0 bridgehead atoms. The molecule has 1 saturated heterocycles. The second-order valence-electron chi connectivity index (χ2n) is 6.71. The van der Waals surface area contributed by atoms with Crippen LogP contribution in [0, 0.1) is 11.2 Å². The minimum absolute atomic E-state index is 0.0119. The zero-order valence-electron chi connectivity index (χ0n) is 16.2. The molecule has 0 radical (unpaired) electrons. The van der Waals surface area contributed by atoms with Crippen LogP contribution in [0.4, 0.5) is 10.1 Å². The van der Waals surface area contributed by atoms with Crippen molar-refractivity contribution in [3.05, 3.63) is 72.1 Å². The molecule has 2 aromatic carbocycles. The van der Waals surface area contributed by atoms with Gasteiger partial charge < -0.3 is 15.1 Å². The standard InChI is InChI=1S/C22H23FN4O2/c1-15(19-17(23)9-6-10-18(19)25-2)20(28)22(29)27-13-11-26(12-14-27)21(24)16-7-4-3-5-8-16/h3-10,24-25H,1,11-14H2,2H3. The first-order valence-corrected chi connectivity index (χ1v) is 9.32. The van der Waals surface area contributed by atoms with Gasteiger partial charge in [0.2, 0.25) is 0 Å². The minimum atomic E-state index is -0.821. The average Bonchev–Trinajstić information content (AvgIpc) is 2.77. The van der Waals surface area contributed by atoms with Crippen LogP contribution in [0.3, 0.4) is 0 Å². The highest BCUT2D eigenvalue weighted by atomic mass is 19.1. The van der Waals surface area contributed by atoms with Gasteiger partial charge in [-0.15, -0.1) is 0 Å². The van der Waals surface area contributed by atoms with Crippen molar-refractivity contribution in [2.75, 3.05) is 38.5 Å². The number of Topliss-reactive ketones (excluding diaryl/α,β-unsaturated/α-hetero) is 1. The van der Waals surface area contributed by atoms with Crippen LogP contribution < -0.4 is 5.32 Å². The third-order valence-electron chi connectivity index (χ3n) is 4.98. The van der Waals surface area contributed by atoms with Crippen molar-refractivity contribution < 1.29 is 14.0 Å². The molecule has 0 aliphatic carbocycles. The number of piperazine rings is 1. The Kier molecular flexibility index (Phi) is 6.07. The number of amidine groups is 1. The third kappa shape index (κ3) is 4.18. The van der Waals surface area contributed by atoms with Crippen molar-refractivity contribution in [1.82, 2.24) is 9.80 Å². The first kappa shape index (κ1) is 20.3. The van der Waals surface area contributed by atoms with E-state index in [1.165, 1.54) is 17.0 Å². The van der Waals surface area contributed by atoms with Crippen LogP contribution in [0.15, 0.2) is 55.1 Å². The molecule has 0 aromatic heterocycles. The maximum Gasteiger partial charge on any atom is 0.295 e. The lowest BCUT2D eigenvalue weighted by Crippen LogP contribution is -2.52. The molecule has 7 heteroatoms. The van der Waals surface area contributed by atoms with Gasteiger partial charge >= 0.3 is 0 Å². The van der Waals surface area contributed by atoms with E-state index in [1.807, 2.05) is 35.2 Å². The van der Waals surface area contributed by atoms with Crippen molar-refractivity contribution in [2.45, 2.75) is 0 Å². The van der Waals surface area contributed by atoms with Crippen LogP contribution >= 0.6 is 0 Å². The van der Waals surface area contributed by atoms with Crippen LogP contribution in [0.5, 0.6) is 0 Å². The van der Waals surface area contributed by atoms with E-state index in [0.29, 0.717) is 37.7 Å². The smallest absolute Gasteiger partial charge is 0.295 e. The summed E-state index contributed by atoms with van der Waals surface area (Å²) in [7, 11) is 1.61. The molecule has 2 N–H and O–H groups in total. The minimum Gasteiger partial charge on any atom is -0.388 e. The van der Waals surface area contributed by atoms with Gasteiger partial charge in [0.15, 0.2) is 0 Å². The number of ketones is 1. The molecule has 6 nitrogen and oxygen atoms in total. The topological polar surface area (TPSA) is 76.5 Å². The van der Waals surface area contributed by atoms with Crippen molar-refractivity contribution in [3.63, 3.8) is 0 Å². The Bertz CT molecular complexity index is 951. The lowest BCUT2D eigenvalue weighted by molar-refractivity contribution is -0.142. The molecule has 1 heterocycles. The summed E-state index contributed by atoms with van der Waals surface area (Å²) in [5.41, 5.74) is 1.04. The number of anilines is 1. The van der Waals surface area contributed by atoms with Gasteiger partial charge in [-0.05, 0) is 12.1 Å². The number of rotatable bonds is 5. The molecular weight excluding hydrogens is 371 g/mol. The summed E-state index contributed by atoms with van der Waals surface area (Å²) in [4.78, 5) is 28.6. The van der Waals surface area contributed by atoms with Crippen LogP contribution in [0.1, 0.15) is 11.1 Å². The van der Waals surface area contributed by atoms with Gasteiger partial charge in [0.25, 0.3) is 11.7 Å². The summed E-state index contributed by atoms with van der Waals surface area (Å²) in [5, 5.41) is 11.1. The molecule has 3 rings (SSSR count). The molecule has 2 aromatic rings. The normalized spacial score (nSPS) is 13.7. The van der Waals surface area contributed by atoms with Gasteiger partial charge in [-0.1, -0.05) is 43.0 Å². The summed E-state index contributed by atoms with van der Waals surface area (Å²) in [6.45, 7) is 5.18. The molecule has 0 atom stereocenters. The number of hydrogen-bond acceptors (Lipinski definition) is 4. The number of carbonyl (C=O) groups is 2. The SMILES string of the molecule is C=C(C(=O)C(=O)N1CCN(C(=N)c2ccccc2)CC1)c1c(F)cccc1NC.